The molecule has 440 valence electrons. The second-order valence-electron chi connectivity index (χ2n) is 24.5. The van der Waals surface area contributed by atoms with Crippen molar-refractivity contribution in [2.75, 3.05) is 61.1 Å². The van der Waals surface area contributed by atoms with Gasteiger partial charge in [0, 0.05) is 84.6 Å². The molecular formula is C60H97N3O14Si. The predicted molar refractivity (Wildman–Crippen MR) is 301 cm³/mol. The number of ether oxygens (including phenoxy) is 6. The number of hydrogen-bond acceptors (Lipinski definition) is 15. The van der Waals surface area contributed by atoms with Gasteiger partial charge in [-0.3, -0.25) is 19.2 Å². The maximum absolute atomic E-state index is 14.7. The van der Waals surface area contributed by atoms with Crippen molar-refractivity contribution >= 4 is 43.6 Å². The largest absolute Gasteiger partial charge is 0.460 e. The lowest BCUT2D eigenvalue weighted by molar-refractivity contribution is -0.265. The minimum absolute atomic E-state index is 0.0465. The van der Waals surface area contributed by atoms with Gasteiger partial charge in [-0.05, 0) is 134 Å². The van der Waals surface area contributed by atoms with E-state index in [9.17, 15) is 33.9 Å². The Morgan fingerprint density at radius 2 is 1.54 bits per heavy atom. The summed E-state index contributed by atoms with van der Waals surface area (Å²) in [6.45, 7) is 22.2. The number of rotatable bonds is 9. The summed E-state index contributed by atoms with van der Waals surface area (Å²) in [6.07, 6.45) is 12.2. The summed E-state index contributed by atoms with van der Waals surface area (Å²) >= 11 is 0. The van der Waals surface area contributed by atoms with Crippen LogP contribution in [-0.4, -0.2) is 179 Å². The Morgan fingerprint density at radius 3 is 2.19 bits per heavy atom. The number of likely N-dealkylation sites (N-methyl/N-ethyl adjacent to an activating group) is 1. The zero-order valence-corrected chi connectivity index (χ0v) is 50.7. The standard InChI is InChI=1S/C60H97N3O14Si/c1-38-20-16-15-17-21-39(2)50(71-9)36-46-25-23-44(7)60(70,76-46)56(66)57(67)63-27-19-18-22-47(63)58(68)74-51(37-48(64)40(3)33-43(6)54(77-78(12,13)14)55(73-11)53(65)42(5)32-38)41(4)34-45-24-26-49(52(35-45)72-10)75-59(69)62-30-28-61(8)29-31-62/h15-17,20-21,33,38,41-47,49-52,54-55,70H,18-19,22-32,34-37H2,1-14H3/t38-,41-,42-,43?,44-,45+,46+,47+,49-,50+,51+,52-,54-,55+,60-/m1/s1. The minimum atomic E-state index is -2.44. The predicted octanol–water partition coefficient (Wildman–Crippen LogP) is 8.43. The highest BCUT2D eigenvalue weighted by Crippen LogP contribution is 2.38. The zero-order chi connectivity index (χ0) is 57.6. The van der Waals surface area contributed by atoms with Crippen LogP contribution in [0.4, 0.5) is 4.79 Å². The number of hydrogen-bond donors (Lipinski definition) is 1. The van der Waals surface area contributed by atoms with Gasteiger partial charge in [0.2, 0.25) is 5.79 Å². The first kappa shape index (κ1) is 64.9. The van der Waals surface area contributed by atoms with Gasteiger partial charge in [0.15, 0.2) is 19.9 Å². The van der Waals surface area contributed by atoms with Gasteiger partial charge in [-0.15, -0.1) is 0 Å². The molecule has 1 aliphatic carbocycles. The Bertz CT molecular complexity index is 2170. The normalized spacial score (nSPS) is 35.1. The lowest BCUT2D eigenvalue weighted by atomic mass is 9.78. The zero-order valence-electron chi connectivity index (χ0n) is 49.7. The van der Waals surface area contributed by atoms with Crippen LogP contribution in [0.3, 0.4) is 0 Å². The summed E-state index contributed by atoms with van der Waals surface area (Å²) < 4.78 is 43.3. The molecule has 1 N–H and O–H groups in total. The molecule has 2 bridgehead atoms. The van der Waals surface area contributed by atoms with Gasteiger partial charge in [0.25, 0.3) is 11.7 Å². The molecule has 3 saturated heterocycles. The first-order chi connectivity index (χ1) is 36.8. The number of piperidine rings is 1. The molecule has 4 heterocycles. The Kier molecular flexibility index (Phi) is 24.7. The van der Waals surface area contributed by atoms with E-state index >= 15 is 0 Å². The summed E-state index contributed by atoms with van der Waals surface area (Å²) in [5, 5.41) is 12.1. The number of piperazine rings is 1. The van der Waals surface area contributed by atoms with Crippen LogP contribution in [0.2, 0.25) is 19.6 Å². The molecule has 0 aromatic rings. The maximum atomic E-state index is 14.7. The smallest absolute Gasteiger partial charge is 0.410 e. The monoisotopic (exact) mass is 1110 g/mol. The van der Waals surface area contributed by atoms with E-state index in [1.54, 1.807) is 33.0 Å². The third-order valence-corrected chi connectivity index (χ3v) is 17.9. The summed E-state index contributed by atoms with van der Waals surface area (Å²) in [5.41, 5.74) is 1.30. The van der Waals surface area contributed by atoms with E-state index in [0.717, 1.165) is 18.7 Å². The minimum Gasteiger partial charge on any atom is -0.460 e. The topological polar surface area (TPSA) is 197 Å². The molecular weight excluding hydrogens is 1010 g/mol. The highest BCUT2D eigenvalue weighted by molar-refractivity contribution is 6.69. The van der Waals surface area contributed by atoms with Crippen LogP contribution >= 0.6 is 0 Å². The Labute approximate surface area is 467 Å². The molecule has 0 spiro atoms. The van der Waals surface area contributed by atoms with Crippen LogP contribution in [0.5, 0.6) is 0 Å². The fourth-order valence-corrected chi connectivity index (χ4v) is 13.2. The fraction of sp³-hybridized carbons (Fsp3) is 0.767. The first-order valence-electron chi connectivity index (χ1n) is 28.9. The molecule has 0 aromatic carbocycles. The van der Waals surface area contributed by atoms with Crippen LogP contribution in [-0.2, 0) is 56.8 Å². The van der Waals surface area contributed by atoms with E-state index in [2.05, 4.69) is 37.5 Å². The van der Waals surface area contributed by atoms with Crippen molar-refractivity contribution < 1.29 is 66.7 Å². The van der Waals surface area contributed by atoms with Gasteiger partial charge in [0.1, 0.15) is 24.4 Å². The molecule has 15 atom stereocenters. The molecule has 17 nitrogen and oxygen atoms in total. The van der Waals surface area contributed by atoms with Crippen molar-refractivity contribution in [3.8, 4) is 0 Å². The average molecular weight is 1110 g/mol. The third-order valence-electron chi connectivity index (χ3n) is 16.9. The first-order valence-corrected chi connectivity index (χ1v) is 32.3. The van der Waals surface area contributed by atoms with Crippen LogP contribution in [0.15, 0.2) is 47.6 Å². The SMILES string of the molecule is CO[C@H]1C[C@@H]2CC[C@@H](C)[C@@](O)(O2)C(=O)C(=O)N2CCCC[C@H]2C(=O)O[C@H]([C@H](C)C[C@@H]2CC[C@@H](OC(=O)N3CCN(C)CC3)[C@H](OC)C2)CC(=O)C(C)=CC(C)[C@@H](O[Si](C)(C)C)[C@@H](OC)C(=O)[C@H](C)C[C@H](C)C=CC=CC=C1C. The lowest BCUT2D eigenvalue weighted by Gasteiger charge is -2.42. The van der Waals surface area contributed by atoms with Crippen molar-refractivity contribution in [3.05, 3.63) is 47.6 Å². The van der Waals surface area contributed by atoms with Gasteiger partial charge < -0.3 is 52.7 Å². The Balaban J connectivity index is 1.48. The molecule has 5 aliphatic rings. The summed E-state index contributed by atoms with van der Waals surface area (Å²) in [7, 11) is 4.45. The summed E-state index contributed by atoms with van der Waals surface area (Å²) in [4.78, 5) is 91.1. The number of nitrogens with zero attached hydrogens (tertiary/aromatic N) is 3. The molecule has 0 aromatic heterocycles. The number of methoxy groups -OCH3 is 3. The van der Waals surface area contributed by atoms with Gasteiger partial charge >= 0.3 is 12.1 Å². The van der Waals surface area contributed by atoms with Crippen LogP contribution < -0.4 is 0 Å². The number of carbonyl (C=O) groups excluding carboxylic acids is 6. The quantitative estimate of drug-likeness (QED) is 0.131. The van der Waals surface area contributed by atoms with Crippen LogP contribution in [0.25, 0.3) is 0 Å². The van der Waals surface area contributed by atoms with E-state index < -0.39 is 86.3 Å². The second kappa shape index (κ2) is 29.7. The maximum Gasteiger partial charge on any atom is 0.410 e. The Morgan fingerprint density at radius 1 is 0.833 bits per heavy atom. The average Bonchev–Trinajstić information content (AvgIpc) is 3.41. The number of ketones is 3. The number of amides is 2. The lowest BCUT2D eigenvalue weighted by Crippen LogP contribution is -2.61. The molecule has 5 rings (SSSR count). The molecule has 0 radical (unpaired) electrons. The van der Waals surface area contributed by atoms with E-state index in [4.69, 9.17) is 32.8 Å². The summed E-state index contributed by atoms with van der Waals surface area (Å²) in [5.74, 6) is -7.48. The van der Waals surface area contributed by atoms with E-state index in [1.165, 1.54) is 12.0 Å². The second-order valence-corrected chi connectivity index (χ2v) is 28.9. The third kappa shape index (κ3) is 17.8. The van der Waals surface area contributed by atoms with Crippen molar-refractivity contribution in [2.45, 2.75) is 200 Å². The molecule has 4 aliphatic heterocycles. The van der Waals surface area contributed by atoms with E-state index in [1.807, 2.05) is 65.1 Å². The number of cyclic esters (lactones) is 1. The van der Waals surface area contributed by atoms with Gasteiger partial charge in [-0.2, -0.15) is 0 Å². The van der Waals surface area contributed by atoms with Crippen LogP contribution in [0.1, 0.15) is 126 Å². The van der Waals surface area contributed by atoms with Gasteiger partial charge in [0.05, 0.1) is 24.4 Å². The number of fused-ring (bicyclic) bond motifs is 3. The molecule has 78 heavy (non-hydrogen) atoms. The van der Waals surface area contributed by atoms with Crippen LogP contribution in [0, 0.1) is 35.5 Å². The number of esters is 1. The Hall–Kier alpha value is -3.88. The number of allylic oxidation sites excluding steroid dienone is 6. The van der Waals surface area contributed by atoms with E-state index in [-0.39, 0.29) is 66.8 Å². The summed E-state index contributed by atoms with van der Waals surface area (Å²) in [6, 6.07) is -1.16. The fourth-order valence-electron chi connectivity index (χ4n) is 12.0. The number of Topliss-reactive ketones (excluding diaryl/α,β-unsaturated/α-hetero) is 3. The molecule has 18 heteroatoms. The highest BCUT2D eigenvalue weighted by atomic mass is 28.4. The van der Waals surface area contributed by atoms with Crippen molar-refractivity contribution in [1.82, 2.24) is 14.7 Å². The molecule has 4 fully saturated rings. The molecule has 1 unspecified atom stereocenters. The van der Waals surface area contributed by atoms with Gasteiger partial charge in [-0.25, -0.2) is 9.59 Å². The molecule has 2 amide bonds. The number of aliphatic hydroxyl groups is 1. The van der Waals surface area contributed by atoms with Crippen molar-refractivity contribution in [1.29, 1.82) is 0 Å². The van der Waals surface area contributed by atoms with Crippen molar-refractivity contribution in [3.63, 3.8) is 0 Å². The number of carbonyl (C=O) groups is 6. The van der Waals surface area contributed by atoms with Gasteiger partial charge in [-0.1, -0.05) is 71.1 Å². The molecule has 1 saturated carbocycles. The highest BCUT2D eigenvalue weighted by Gasteiger charge is 2.53. The van der Waals surface area contributed by atoms with E-state index in [0.29, 0.717) is 82.9 Å². The van der Waals surface area contributed by atoms with Crippen molar-refractivity contribution in [2.24, 2.45) is 35.5 Å².